The molecule has 9 heteroatoms. The number of carbonyl (C=O) groups is 1. The fourth-order valence-electron chi connectivity index (χ4n) is 6.81. The van der Waals surface area contributed by atoms with Crippen molar-refractivity contribution in [2.45, 2.75) is 38.1 Å². The maximum atomic E-state index is 15.4. The molecule has 2 aliphatic carbocycles. The minimum atomic E-state index is -1.08. The molecule has 0 saturated carbocycles. The molecular weight excluding hydrogens is 567 g/mol. The van der Waals surface area contributed by atoms with Gasteiger partial charge >= 0.3 is 0 Å². The zero-order chi connectivity index (χ0) is 30.6. The van der Waals surface area contributed by atoms with E-state index in [0.29, 0.717) is 24.8 Å². The van der Waals surface area contributed by atoms with Crippen molar-refractivity contribution in [2.75, 3.05) is 24.8 Å². The number of ether oxygens (including phenoxy) is 1. The van der Waals surface area contributed by atoms with Gasteiger partial charge in [0, 0.05) is 24.4 Å². The largest absolute Gasteiger partial charge is 0.487 e. The molecule has 3 aromatic carbocycles. The van der Waals surface area contributed by atoms with Crippen LogP contribution in [0.15, 0.2) is 83.3 Å². The second kappa shape index (κ2) is 10.7. The van der Waals surface area contributed by atoms with Crippen molar-refractivity contribution in [3.8, 4) is 5.75 Å². The fourth-order valence-corrected chi connectivity index (χ4v) is 6.81. The number of hydrogen-bond acceptors (Lipinski definition) is 4. The summed E-state index contributed by atoms with van der Waals surface area (Å²) < 4.78 is 51.2. The van der Waals surface area contributed by atoms with Gasteiger partial charge in [0.25, 0.3) is 5.91 Å². The van der Waals surface area contributed by atoms with Crippen LogP contribution in [0.2, 0.25) is 0 Å². The number of fused-ring (bicyclic) bond motifs is 6. The summed E-state index contributed by atoms with van der Waals surface area (Å²) in [6, 6.07) is 18.1. The van der Waals surface area contributed by atoms with Crippen LogP contribution in [-0.2, 0) is 18.4 Å². The van der Waals surface area contributed by atoms with Gasteiger partial charge in [0.2, 0.25) is 5.43 Å². The molecule has 3 aliphatic rings. The van der Waals surface area contributed by atoms with Gasteiger partial charge in [-0.2, -0.15) is 0 Å². The number of nitrogens with zero attached hydrogens (tertiary/aromatic N) is 3. The molecule has 1 atom stereocenters. The molecule has 4 aromatic rings. The highest BCUT2D eigenvalue weighted by molar-refractivity contribution is 5.96. The Kier molecular flexibility index (Phi) is 6.83. The number of carbonyl (C=O) groups excluding carboxylic acids is 1. The van der Waals surface area contributed by atoms with Gasteiger partial charge in [0.05, 0.1) is 6.61 Å². The monoisotopic (exact) mass is 597 g/mol. The highest BCUT2D eigenvalue weighted by Gasteiger charge is 2.56. The van der Waals surface area contributed by atoms with E-state index >= 15 is 4.39 Å². The number of hydrogen-bond donors (Lipinski definition) is 0. The van der Waals surface area contributed by atoms with E-state index in [-0.39, 0.29) is 48.6 Å². The van der Waals surface area contributed by atoms with Crippen LogP contribution in [0.1, 0.15) is 58.1 Å². The van der Waals surface area contributed by atoms with E-state index in [0.717, 1.165) is 34.8 Å². The molecule has 0 radical (unpaired) electrons. The van der Waals surface area contributed by atoms with Gasteiger partial charge in [-0.15, -0.1) is 0 Å². The second-order valence-electron chi connectivity index (χ2n) is 11.4. The van der Waals surface area contributed by atoms with E-state index in [2.05, 4.69) is 0 Å². The summed E-state index contributed by atoms with van der Waals surface area (Å²) in [5, 5.41) is 1.96. The summed E-state index contributed by atoms with van der Waals surface area (Å²) >= 11 is 0. The Morgan fingerprint density at radius 3 is 2.52 bits per heavy atom. The lowest BCUT2D eigenvalue weighted by atomic mass is 9.83. The number of halogens is 3. The van der Waals surface area contributed by atoms with Crippen molar-refractivity contribution in [3.63, 3.8) is 0 Å². The number of amides is 1. The van der Waals surface area contributed by atoms with Crippen LogP contribution >= 0.6 is 0 Å². The SMILES string of the molecule is CCCCOc1c2n(ccc1=O)N(C13C(=Cc4c1ccc(F)c4F)Cc1ccccc13)CN(CCc1ccc(F)cc1)C2=O. The van der Waals surface area contributed by atoms with Crippen molar-refractivity contribution in [2.24, 2.45) is 0 Å². The molecule has 0 bridgehead atoms. The first kappa shape index (κ1) is 28.0. The van der Waals surface area contributed by atoms with Crippen LogP contribution in [-0.4, -0.2) is 35.3 Å². The maximum absolute atomic E-state index is 15.4. The van der Waals surface area contributed by atoms with Crippen LogP contribution in [0.25, 0.3) is 6.08 Å². The zero-order valence-corrected chi connectivity index (χ0v) is 24.2. The molecule has 0 spiro atoms. The van der Waals surface area contributed by atoms with Gasteiger partial charge in [0.15, 0.2) is 23.1 Å². The first-order chi connectivity index (χ1) is 21.3. The Bertz CT molecular complexity index is 1880. The Hall–Kier alpha value is -4.79. The van der Waals surface area contributed by atoms with Crippen molar-refractivity contribution in [1.82, 2.24) is 9.58 Å². The average molecular weight is 598 g/mol. The van der Waals surface area contributed by atoms with E-state index in [1.165, 1.54) is 18.2 Å². The zero-order valence-electron chi connectivity index (χ0n) is 24.2. The minimum absolute atomic E-state index is 0.0425. The quantitative estimate of drug-likeness (QED) is 0.236. The van der Waals surface area contributed by atoms with E-state index < -0.39 is 22.6 Å². The predicted molar refractivity (Wildman–Crippen MR) is 161 cm³/mol. The topological polar surface area (TPSA) is 54.8 Å². The third-order valence-electron chi connectivity index (χ3n) is 8.90. The second-order valence-corrected chi connectivity index (χ2v) is 11.4. The van der Waals surface area contributed by atoms with Crippen molar-refractivity contribution < 1.29 is 22.7 Å². The Morgan fingerprint density at radius 1 is 0.932 bits per heavy atom. The molecule has 2 heterocycles. The molecule has 7 rings (SSSR count). The summed E-state index contributed by atoms with van der Waals surface area (Å²) in [5.74, 6) is -2.64. The third kappa shape index (κ3) is 4.17. The molecule has 1 aromatic heterocycles. The van der Waals surface area contributed by atoms with Gasteiger partial charge in [-0.05, 0) is 71.4 Å². The van der Waals surface area contributed by atoms with Gasteiger partial charge < -0.3 is 9.64 Å². The molecule has 1 amide bonds. The summed E-state index contributed by atoms with van der Waals surface area (Å²) in [4.78, 5) is 29.1. The van der Waals surface area contributed by atoms with Gasteiger partial charge in [-0.25, -0.2) is 13.2 Å². The van der Waals surface area contributed by atoms with Gasteiger partial charge in [0.1, 0.15) is 18.0 Å². The standard InChI is InChI=1S/C35H30F3N3O3/c1-2-3-18-44-33-30(42)15-17-40-32(33)34(43)39(16-14-22-8-10-25(36)11-9-22)21-41(40)35-24(19-23-6-4-5-7-27(23)35)20-26-28(35)12-13-29(37)31(26)38/h4-13,15,17,20H,2-3,14,16,18-19,21H2,1H3. The third-order valence-corrected chi connectivity index (χ3v) is 8.90. The van der Waals surface area contributed by atoms with Gasteiger partial charge in [-0.3, -0.25) is 19.3 Å². The first-order valence-corrected chi connectivity index (χ1v) is 14.8. The summed E-state index contributed by atoms with van der Waals surface area (Å²) in [6.45, 7) is 2.61. The van der Waals surface area contributed by atoms with Crippen molar-refractivity contribution >= 4 is 12.0 Å². The smallest absolute Gasteiger partial charge is 0.277 e. The molecule has 224 valence electrons. The molecule has 1 unspecified atom stereocenters. The number of pyridine rings is 1. The number of aromatic nitrogens is 1. The normalized spacial score (nSPS) is 18.1. The molecule has 0 fully saturated rings. The fraction of sp³-hybridized carbons (Fsp3) is 0.257. The number of rotatable bonds is 8. The Morgan fingerprint density at radius 2 is 1.73 bits per heavy atom. The van der Waals surface area contributed by atoms with Gasteiger partial charge in [-0.1, -0.05) is 55.8 Å². The summed E-state index contributed by atoms with van der Waals surface area (Å²) in [6.07, 6.45) is 5.75. The molecule has 0 saturated heterocycles. The van der Waals surface area contributed by atoms with E-state index in [9.17, 15) is 18.4 Å². The Labute approximate surface area is 252 Å². The first-order valence-electron chi connectivity index (χ1n) is 14.8. The van der Waals surface area contributed by atoms with E-state index in [1.807, 2.05) is 36.2 Å². The highest BCUT2D eigenvalue weighted by Crippen LogP contribution is 2.56. The molecule has 44 heavy (non-hydrogen) atoms. The molecule has 6 nitrogen and oxygen atoms in total. The molecular formula is C35H30F3N3O3. The Balaban J connectivity index is 1.43. The van der Waals surface area contributed by atoms with Crippen molar-refractivity contribution in [1.29, 1.82) is 0 Å². The lowest BCUT2D eigenvalue weighted by Crippen LogP contribution is -2.62. The number of unbranched alkanes of at least 4 members (excludes halogenated alkanes) is 1. The lowest BCUT2D eigenvalue weighted by molar-refractivity contribution is 0.0667. The summed E-state index contributed by atoms with van der Waals surface area (Å²) in [5.41, 5.74) is 2.91. The molecule has 0 N–H and O–H groups in total. The van der Waals surface area contributed by atoms with Crippen LogP contribution in [0, 0.1) is 17.5 Å². The van der Waals surface area contributed by atoms with Crippen LogP contribution in [0.3, 0.4) is 0 Å². The minimum Gasteiger partial charge on any atom is -0.487 e. The lowest BCUT2D eigenvalue weighted by Gasteiger charge is -2.49. The van der Waals surface area contributed by atoms with Crippen LogP contribution < -0.4 is 15.2 Å². The predicted octanol–water partition coefficient (Wildman–Crippen LogP) is 5.94. The average Bonchev–Trinajstić information content (AvgIpc) is 3.52. The highest BCUT2D eigenvalue weighted by atomic mass is 19.2. The number of benzene rings is 3. The van der Waals surface area contributed by atoms with E-state index in [1.54, 1.807) is 40.0 Å². The summed E-state index contributed by atoms with van der Waals surface area (Å²) in [7, 11) is 0. The molecule has 1 aliphatic heterocycles. The van der Waals surface area contributed by atoms with Crippen LogP contribution in [0.4, 0.5) is 13.2 Å². The van der Waals surface area contributed by atoms with Crippen LogP contribution in [0.5, 0.6) is 5.75 Å². The maximum Gasteiger partial charge on any atom is 0.277 e. The van der Waals surface area contributed by atoms with Crippen molar-refractivity contribution in [3.05, 3.63) is 140 Å². The van der Waals surface area contributed by atoms with E-state index in [4.69, 9.17) is 4.74 Å².